The van der Waals surface area contributed by atoms with Gasteiger partial charge in [0.25, 0.3) is 0 Å². The summed E-state index contributed by atoms with van der Waals surface area (Å²) in [5, 5.41) is 0. The number of nitrogens with zero attached hydrogens (tertiary/aromatic N) is 3. The van der Waals surface area contributed by atoms with Crippen LogP contribution in [0.15, 0.2) is 28.8 Å². The van der Waals surface area contributed by atoms with Gasteiger partial charge < -0.3 is 8.98 Å². The third-order valence-electron chi connectivity index (χ3n) is 3.07. The SMILES string of the molecule is Cc1cnc(Cn2c(CCCl)nc3cc(I)ccc32)o1. The van der Waals surface area contributed by atoms with E-state index in [-0.39, 0.29) is 0 Å². The van der Waals surface area contributed by atoms with Crippen molar-refractivity contribution in [1.82, 2.24) is 14.5 Å². The van der Waals surface area contributed by atoms with Gasteiger partial charge in [0.1, 0.15) is 18.1 Å². The summed E-state index contributed by atoms with van der Waals surface area (Å²) in [4.78, 5) is 8.94. The molecule has 0 spiro atoms. The Balaban J connectivity index is 2.08. The van der Waals surface area contributed by atoms with Gasteiger partial charge in [-0.15, -0.1) is 11.6 Å². The standard InChI is InChI=1S/C14H13ClIN3O/c1-9-7-17-14(20-9)8-19-12-3-2-10(16)6-11(12)18-13(19)4-5-15/h2-3,6-7H,4-5,8H2,1H3. The monoisotopic (exact) mass is 401 g/mol. The van der Waals surface area contributed by atoms with Crippen molar-refractivity contribution in [3.8, 4) is 0 Å². The Hall–Kier alpha value is -1.08. The maximum absolute atomic E-state index is 5.88. The van der Waals surface area contributed by atoms with Crippen molar-refractivity contribution in [3.05, 3.63) is 45.4 Å². The van der Waals surface area contributed by atoms with Gasteiger partial charge in [-0.2, -0.15) is 0 Å². The number of oxazole rings is 1. The van der Waals surface area contributed by atoms with Crippen LogP contribution in [0, 0.1) is 10.5 Å². The van der Waals surface area contributed by atoms with Gasteiger partial charge in [0.2, 0.25) is 5.89 Å². The molecule has 0 aliphatic rings. The molecule has 0 aliphatic carbocycles. The lowest BCUT2D eigenvalue weighted by Gasteiger charge is -2.05. The van der Waals surface area contributed by atoms with E-state index in [0.29, 0.717) is 18.3 Å². The molecule has 2 aromatic heterocycles. The summed E-state index contributed by atoms with van der Waals surface area (Å²) in [6, 6.07) is 6.23. The minimum atomic E-state index is 0.547. The Morgan fingerprint density at radius 1 is 1.40 bits per heavy atom. The lowest BCUT2D eigenvalue weighted by molar-refractivity contribution is 0.456. The van der Waals surface area contributed by atoms with E-state index in [9.17, 15) is 0 Å². The molecule has 0 fully saturated rings. The van der Waals surface area contributed by atoms with Crippen molar-refractivity contribution in [2.75, 3.05) is 5.88 Å². The molecule has 1 aromatic carbocycles. The van der Waals surface area contributed by atoms with Crippen molar-refractivity contribution >= 4 is 45.2 Å². The van der Waals surface area contributed by atoms with E-state index in [1.807, 2.05) is 6.92 Å². The van der Waals surface area contributed by atoms with Crippen molar-refractivity contribution in [2.45, 2.75) is 19.9 Å². The molecule has 0 aliphatic heterocycles. The van der Waals surface area contributed by atoms with Crippen LogP contribution >= 0.6 is 34.2 Å². The van der Waals surface area contributed by atoms with Gasteiger partial charge in [-0.25, -0.2) is 9.97 Å². The molecular formula is C14H13ClIN3O. The molecule has 6 heteroatoms. The molecule has 4 nitrogen and oxygen atoms in total. The third-order valence-corrected chi connectivity index (χ3v) is 3.93. The van der Waals surface area contributed by atoms with Crippen LogP contribution in [-0.4, -0.2) is 20.4 Å². The summed E-state index contributed by atoms with van der Waals surface area (Å²) in [5.41, 5.74) is 2.07. The summed E-state index contributed by atoms with van der Waals surface area (Å²) in [6.45, 7) is 2.47. The number of fused-ring (bicyclic) bond motifs is 1. The van der Waals surface area contributed by atoms with Gasteiger partial charge in [0.05, 0.1) is 17.2 Å². The minimum Gasteiger partial charge on any atom is -0.444 e. The lowest BCUT2D eigenvalue weighted by Crippen LogP contribution is -2.06. The van der Waals surface area contributed by atoms with E-state index in [4.69, 9.17) is 16.0 Å². The molecule has 0 radical (unpaired) electrons. The maximum atomic E-state index is 5.88. The Bertz CT molecular complexity index is 750. The molecule has 104 valence electrons. The van der Waals surface area contributed by atoms with Crippen LogP contribution in [-0.2, 0) is 13.0 Å². The first-order chi connectivity index (χ1) is 9.67. The fourth-order valence-corrected chi connectivity index (χ4v) is 2.86. The molecule has 0 N–H and O–H groups in total. The first-order valence-corrected chi connectivity index (χ1v) is 7.90. The molecule has 0 amide bonds. The number of imidazole rings is 1. The number of aromatic nitrogens is 3. The van der Waals surface area contributed by atoms with E-state index in [0.717, 1.165) is 29.0 Å². The molecular weight excluding hydrogens is 389 g/mol. The van der Waals surface area contributed by atoms with Crippen LogP contribution in [0.3, 0.4) is 0 Å². The van der Waals surface area contributed by atoms with Crippen LogP contribution in [0.4, 0.5) is 0 Å². The first-order valence-electron chi connectivity index (χ1n) is 6.29. The van der Waals surface area contributed by atoms with E-state index in [2.05, 4.69) is 55.3 Å². The largest absolute Gasteiger partial charge is 0.444 e. The summed E-state index contributed by atoms with van der Waals surface area (Å²) in [5.74, 6) is 3.02. The second-order valence-corrected chi connectivity index (χ2v) is 6.17. The highest BCUT2D eigenvalue weighted by atomic mass is 127. The molecule has 3 aromatic rings. The lowest BCUT2D eigenvalue weighted by atomic mass is 10.3. The van der Waals surface area contributed by atoms with Crippen molar-refractivity contribution in [1.29, 1.82) is 0 Å². The van der Waals surface area contributed by atoms with Crippen LogP contribution in [0.5, 0.6) is 0 Å². The Labute approximate surface area is 135 Å². The fourth-order valence-electron chi connectivity index (χ4n) is 2.21. The zero-order chi connectivity index (χ0) is 14.1. The summed E-state index contributed by atoms with van der Waals surface area (Å²) in [7, 11) is 0. The zero-order valence-electron chi connectivity index (χ0n) is 10.9. The number of aryl methyl sites for hydroxylation is 2. The number of hydrogen-bond acceptors (Lipinski definition) is 3. The normalized spacial score (nSPS) is 11.3. The summed E-state index contributed by atoms with van der Waals surface area (Å²) < 4.78 is 8.86. The second kappa shape index (κ2) is 5.73. The average Bonchev–Trinajstić information content (AvgIpc) is 2.95. The maximum Gasteiger partial charge on any atom is 0.214 e. The highest BCUT2D eigenvalue weighted by Crippen LogP contribution is 2.21. The Morgan fingerprint density at radius 3 is 2.95 bits per heavy atom. The third kappa shape index (κ3) is 2.69. The van der Waals surface area contributed by atoms with Gasteiger partial charge in [-0.1, -0.05) is 0 Å². The quantitative estimate of drug-likeness (QED) is 0.494. The van der Waals surface area contributed by atoms with E-state index in [1.54, 1.807) is 6.20 Å². The first kappa shape index (κ1) is 13.9. The number of rotatable bonds is 4. The van der Waals surface area contributed by atoms with Crippen LogP contribution in [0.2, 0.25) is 0 Å². The van der Waals surface area contributed by atoms with E-state index >= 15 is 0 Å². The van der Waals surface area contributed by atoms with Gasteiger partial charge >= 0.3 is 0 Å². The van der Waals surface area contributed by atoms with Gasteiger partial charge in [-0.05, 0) is 47.7 Å². The van der Waals surface area contributed by atoms with Gasteiger partial charge in [0.15, 0.2) is 0 Å². The number of hydrogen-bond donors (Lipinski definition) is 0. The van der Waals surface area contributed by atoms with Crippen molar-refractivity contribution in [3.63, 3.8) is 0 Å². The van der Waals surface area contributed by atoms with Crippen LogP contribution in [0.1, 0.15) is 17.5 Å². The highest BCUT2D eigenvalue weighted by Gasteiger charge is 2.13. The molecule has 0 unspecified atom stereocenters. The molecule has 3 rings (SSSR count). The van der Waals surface area contributed by atoms with Crippen LogP contribution < -0.4 is 0 Å². The zero-order valence-corrected chi connectivity index (χ0v) is 13.8. The van der Waals surface area contributed by atoms with Gasteiger partial charge in [0, 0.05) is 15.9 Å². The Morgan fingerprint density at radius 2 is 2.25 bits per heavy atom. The fraction of sp³-hybridized carbons (Fsp3) is 0.286. The molecule has 0 bridgehead atoms. The second-order valence-electron chi connectivity index (χ2n) is 4.55. The summed E-state index contributed by atoms with van der Waals surface area (Å²) in [6.07, 6.45) is 2.46. The number of alkyl halides is 1. The predicted octanol–water partition coefficient (Wildman–Crippen LogP) is 3.77. The number of halogens is 2. The average molecular weight is 402 g/mol. The molecule has 0 atom stereocenters. The Kier molecular flexibility index (Phi) is 3.98. The molecule has 20 heavy (non-hydrogen) atoms. The van der Waals surface area contributed by atoms with E-state index in [1.165, 1.54) is 3.57 Å². The predicted molar refractivity (Wildman–Crippen MR) is 87.2 cm³/mol. The number of benzene rings is 1. The van der Waals surface area contributed by atoms with E-state index < -0.39 is 0 Å². The minimum absolute atomic E-state index is 0.547. The highest BCUT2D eigenvalue weighted by molar-refractivity contribution is 14.1. The van der Waals surface area contributed by atoms with Gasteiger partial charge in [-0.3, -0.25) is 0 Å². The molecule has 2 heterocycles. The molecule has 0 saturated heterocycles. The van der Waals surface area contributed by atoms with Crippen molar-refractivity contribution in [2.24, 2.45) is 0 Å². The smallest absolute Gasteiger partial charge is 0.214 e. The van der Waals surface area contributed by atoms with Crippen LogP contribution in [0.25, 0.3) is 11.0 Å². The topological polar surface area (TPSA) is 43.9 Å². The van der Waals surface area contributed by atoms with Crippen molar-refractivity contribution < 1.29 is 4.42 Å². The summed E-state index contributed by atoms with van der Waals surface area (Å²) >= 11 is 8.17. The molecule has 0 saturated carbocycles.